The van der Waals surface area contributed by atoms with E-state index in [1.54, 1.807) is 0 Å². The molecule has 0 amide bonds. The lowest BCUT2D eigenvalue weighted by atomic mass is 10.1. The van der Waals surface area contributed by atoms with Crippen LogP contribution in [0, 0.1) is 0 Å². The van der Waals surface area contributed by atoms with Gasteiger partial charge in [0, 0.05) is 5.57 Å². The first-order chi connectivity index (χ1) is 6.87. The second-order valence-electron chi connectivity index (χ2n) is 4.88. The van der Waals surface area contributed by atoms with E-state index < -0.39 is 5.60 Å². The van der Waals surface area contributed by atoms with E-state index in [0.29, 0.717) is 0 Å². The fourth-order valence-electron chi connectivity index (χ4n) is 1.15. The van der Waals surface area contributed by atoms with Crippen molar-refractivity contribution in [2.24, 2.45) is 0 Å². The molecule has 0 aromatic rings. The molecule has 15 heavy (non-hydrogen) atoms. The van der Waals surface area contributed by atoms with Crippen LogP contribution in [0.25, 0.3) is 0 Å². The largest absolute Gasteiger partial charge is 0.457 e. The van der Waals surface area contributed by atoms with E-state index in [2.05, 4.69) is 6.92 Å². The van der Waals surface area contributed by atoms with Crippen molar-refractivity contribution in [1.82, 2.24) is 0 Å². The van der Waals surface area contributed by atoms with Gasteiger partial charge in [-0.3, -0.25) is 0 Å². The molecule has 88 valence electrons. The number of ether oxygens (including phenoxy) is 1. The van der Waals surface area contributed by atoms with E-state index in [4.69, 9.17) is 4.74 Å². The number of hydrogen-bond acceptors (Lipinski definition) is 2. The zero-order valence-corrected chi connectivity index (χ0v) is 10.7. The predicted octanol–water partition coefficient (Wildman–Crippen LogP) is 3.85. The second-order valence-corrected chi connectivity index (χ2v) is 4.88. The lowest BCUT2D eigenvalue weighted by Crippen LogP contribution is -2.24. The monoisotopic (exact) mass is 212 g/mol. The summed E-state index contributed by atoms with van der Waals surface area (Å²) in [5.74, 6) is -0.195. The van der Waals surface area contributed by atoms with Gasteiger partial charge in [0.2, 0.25) is 0 Å². The highest BCUT2D eigenvalue weighted by atomic mass is 16.6. The highest BCUT2D eigenvalue weighted by Gasteiger charge is 2.16. The summed E-state index contributed by atoms with van der Waals surface area (Å²) in [6.07, 6.45) is 6.52. The normalized spacial score (nSPS) is 12.7. The Balaban J connectivity index is 3.97. The fraction of sp³-hybridized carbons (Fsp3) is 0.769. The van der Waals surface area contributed by atoms with E-state index in [-0.39, 0.29) is 5.97 Å². The number of hydrogen-bond donors (Lipinski definition) is 0. The summed E-state index contributed by atoms with van der Waals surface area (Å²) in [5, 5.41) is 0. The summed E-state index contributed by atoms with van der Waals surface area (Å²) in [7, 11) is 0. The molecule has 0 aliphatic rings. The Morgan fingerprint density at radius 2 is 1.87 bits per heavy atom. The topological polar surface area (TPSA) is 26.3 Å². The number of unbranched alkanes of at least 4 members (excludes halogenated alkanes) is 3. The lowest BCUT2D eigenvalue weighted by molar-refractivity contribution is -0.149. The Morgan fingerprint density at radius 1 is 1.27 bits per heavy atom. The van der Waals surface area contributed by atoms with Gasteiger partial charge in [0.05, 0.1) is 0 Å². The summed E-state index contributed by atoms with van der Waals surface area (Å²) in [5.41, 5.74) is 0.330. The van der Waals surface area contributed by atoms with Gasteiger partial charge in [-0.1, -0.05) is 25.8 Å². The third-order valence-corrected chi connectivity index (χ3v) is 1.98. The van der Waals surface area contributed by atoms with Gasteiger partial charge in [-0.05, 0) is 40.5 Å². The maximum Gasteiger partial charge on any atom is 0.333 e. The van der Waals surface area contributed by atoms with Crippen LogP contribution in [0.3, 0.4) is 0 Å². The minimum Gasteiger partial charge on any atom is -0.457 e. The molecule has 0 rings (SSSR count). The molecule has 0 bridgehead atoms. The van der Waals surface area contributed by atoms with Crippen molar-refractivity contribution in [2.75, 3.05) is 0 Å². The predicted molar refractivity (Wildman–Crippen MR) is 63.7 cm³/mol. The molecular weight excluding hydrogens is 188 g/mol. The number of carbonyl (C=O) groups is 1. The molecule has 2 nitrogen and oxygen atoms in total. The van der Waals surface area contributed by atoms with E-state index in [1.807, 2.05) is 33.8 Å². The third kappa shape index (κ3) is 8.22. The van der Waals surface area contributed by atoms with Crippen molar-refractivity contribution in [2.45, 2.75) is 65.9 Å². The zero-order chi connectivity index (χ0) is 11.9. The van der Waals surface area contributed by atoms with Crippen LogP contribution < -0.4 is 0 Å². The van der Waals surface area contributed by atoms with Gasteiger partial charge in [-0.15, -0.1) is 0 Å². The van der Waals surface area contributed by atoms with Crippen molar-refractivity contribution in [3.8, 4) is 0 Å². The molecule has 0 heterocycles. The summed E-state index contributed by atoms with van der Waals surface area (Å²) in [6.45, 7) is 9.64. The zero-order valence-electron chi connectivity index (χ0n) is 10.7. The van der Waals surface area contributed by atoms with E-state index in [9.17, 15) is 4.79 Å². The van der Waals surface area contributed by atoms with Gasteiger partial charge in [0.1, 0.15) is 5.60 Å². The Morgan fingerprint density at radius 3 is 2.33 bits per heavy atom. The van der Waals surface area contributed by atoms with Gasteiger partial charge in [-0.25, -0.2) is 4.79 Å². The fourth-order valence-corrected chi connectivity index (χ4v) is 1.15. The molecule has 0 spiro atoms. The molecule has 0 fully saturated rings. The third-order valence-electron chi connectivity index (χ3n) is 1.98. The van der Waals surface area contributed by atoms with Gasteiger partial charge in [0.25, 0.3) is 0 Å². The van der Waals surface area contributed by atoms with Crippen LogP contribution in [0.4, 0.5) is 0 Å². The molecular formula is C13H24O2. The standard InChI is InChI=1S/C13H24O2/c1-6-7-8-9-10-11(2)12(14)15-13(3,4)5/h10H,6-9H2,1-5H3/b11-10+. The van der Waals surface area contributed by atoms with Crippen LogP contribution in [-0.2, 0) is 9.53 Å². The van der Waals surface area contributed by atoms with Gasteiger partial charge in [0.15, 0.2) is 0 Å². The van der Waals surface area contributed by atoms with E-state index >= 15 is 0 Å². The summed E-state index contributed by atoms with van der Waals surface area (Å²) in [6, 6.07) is 0. The van der Waals surface area contributed by atoms with Crippen molar-refractivity contribution >= 4 is 5.97 Å². The quantitative estimate of drug-likeness (QED) is 0.393. The number of carbonyl (C=O) groups excluding carboxylic acids is 1. The van der Waals surface area contributed by atoms with Crippen LogP contribution in [0.5, 0.6) is 0 Å². The summed E-state index contributed by atoms with van der Waals surface area (Å²) in [4.78, 5) is 11.5. The molecule has 0 aliphatic carbocycles. The number of rotatable bonds is 5. The number of esters is 1. The Labute approximate surface area is 93.7 Å². The highest BCUT2D eigenvalue weighted by molar-refractivity contribution is 5.87. The molecule has 0 aromatic carbocycles. The van der Waals surface area contributed by atoms with Crippen molar-refractivity contribution in [3.05, 3.63) is 11.6 Å². The van der Waals surface area contributed by atoms with Crippen LogP contribution in [0.15, 0.2) is 11.6 Å². The molecule has 0 unspecified atom stereocenters. The first-order valence-electron chi connectivity index (χ1n) is 5.77. The van der Waals surface area contributed by atoms with Gasteiger partial charge < -0.3 is 4.74 Å². The minimum atomic E-state index is -0.393. The Kier molecular flexibility index (Phi) is 6.30. The maximum absolute atomic E-state index is 11.5. The average molecular weight is 212 g/mol. The lowest BCUT2D eigenvalue weighted by Gasteiger charge is -2.19. The van der Waals surface area contributed by atoms with Crippen LogP contribution in [0.1, 0.15) is 60.3 Å². The SMILES string of the molecule is CCCCC/C=C(\C)C(=O)OC(C)(C)C. The Hall–Kier alpha value is -0.790. The molecule has 0 saturated heterocycles. The second kappa shape index (κ2) is 6.65. The Bertz CT molecular complexity index is 221. The molecule has 0 saturated carbocycles. The molecule has 0 aliphatic heterocycles. The molecule has 2 heteroatoms. The molecule has 0 aromatic heterocycles. The van der Waals surface area contributed by atoms with Crippen molar-refractivity contribution in [1.29, 1.82) is 0 Å². The van der Waals surface area contributed by atoms with E-state index in [1.165, 1.54) is 12.8 Å². The van der Waals surface area contributed by atoms with Crippen molar-refractivity contribution < 1.29 is 9.53 Å². The van der Waals surface area contributed by atoms with Crippen LogP contribution in [0.2, 0.25) is 0 Å². The average Bonchev–Trinajstić information content (AvgIpc) is 2.09. The first-order valence-corrected chi connectivity index (χ1v) is 5.77. The van der Waals surface area contributed by atoms with Crippen LogP contribution in [-0.4, -0.2) is 11.6 Å². The molecule has 0 N–H and O–H groups in total. The summed E-state index contributed by atoms with van der Waals surface area (Å²) < 4.78 is 5.25. The van der Waals surface area contributed by atoms with Gasteiger partial charge in [-0.2, -0.15) is 0 Å². The maximum atomic E-state index is 11.5. The smallest absolute Gasteiger partial charge is 0.333 e. The van der Waals surface area contributed by atoms with Gasteiger partial charge >= 0.3 is 5.97 Å². The van der Waals surface area contributed by atoms with E-state index in [0.717, 1.165) is 18.4 Å². The van der Waals surface area contributed by atoms with Crippen molar-refractivity contribution in [3.63, 3.8) is 0 Å². The number of allylic oxidation sites excluding steroid dienone is 1. The minimum absolute atomic E-state index is 0.195. The van der Waals surface area contributed by atoms with Crippen LogP contribution >= 0.6 is 0 Å². The summed E-state index contributed by atoms with van der Waals surface area (Å²) >= 11 is 0. The highest BCUT2D eigenvalue weighted by Crippen LogP contribution is 2.11. The molecule has 0 atom stereocenters. The molecule has 0 radical (unpaired) electrons. The first kappa shape index (κ1) is 14.2.